The first kappa shape index (κ1) is 12.8. The van der Waals surface area contributed by atoms with Crippen LogP contribution >= 0.6 is 15.9 Å². The summed E-state index contributed by atoms with van der Waals surface area (Å²) < 4.78 is 6.22. The van der Waals surface area contributed by atoms with Gasteiger partial charge in [0.15, 0.2) is 0 Å². The first-order valence-electron chi connectivity index (χ1n) is 5.33. The van der Waals surface area contributed by atoms with Crippen molar-refractivity contribution >= 4 is 21.9 Å². The molecule has 0 aliphatic heterocycles. The summed E-state index contributed by atoms with van der Waals surface area (Å²) in [5, 5.41) is 16.6. The Labute approximate surface area is 112 Å². The Morgan fingerprint density at radius 1 is 1.50 bits per heavy atom. The van der Waals surface area contributed by atoms with Crippen LogP contribution in [0.1, 0.15) is 29.7 Å². The smallest absolute Gasteiger partial charge is 0.304 e. The van der Waals surface area contributed by atoms with E-state index in [0.717, 1.165) is 10.0 Å². The van der Waals surface area contributed by atoms with Crippen LogP contribution in [0, 0.1) is 6.92 Å². The van der Waals surface area contributed by atoms with E-state index in [1.54, 1.807) is 6.92 Å². The van der Waals surface area contributed by atoms with Crippen molar-refractivity contribution in [2.24, 2.45) is 0 Å². The van der Waals surface area contributed by atoms with Crippen LogP contribution in [0.25, 0.3) is 0 Å². The zero-order valence-corrected chi connectivity index (χ0v) is 11.2. The molecule has 6 heteroatoms. The van der Waals surface area contributed by atoms with Gasteiger partial charge in [0.1, 0.15) is 0 Å². The van der Waals surface area contributed by atoms with E-state index in [2.05, 4.69) is 26.1 Å². The average Bonchev–Trinajstić information content (AvgIpc) is 2.72. The number of aromatic nitrogens is 2. The molecule has 0 aliphatic carbocycles. The molecular weight excluding hydrogens is 300 g/mol. The quantitative estimate of drug-likeness (QED) is 0.939. The number of rotatable bonds is 4. The number of aryl methyl sites for hydroxylation is 1. The normalized spacial score (nSPS) is 12.3. The topological polar surface area (TPSA) is 76.2 Å². The summed E-state index contributed by atoms with van der Waals surface area (Å²) in [5.74, 6) is -0.583. The third kappa shape index (κ3) is 2.95. The van der Waals surface area contributed by atoms with Crippen LogP contribution in [0.5, 0.6) is 0 Å². The van der Waals surface area contributed by atoms with Crippen molar-refractivity contribution in [1.29, 1.82) is 0 Å². The van der Waals surface area contributed by atoms with Crippen molar-refractivity contribution in [2.75, 3.05) is 0 Å². The number of benzene rings is 1. The van der Waals surface area contributed by atoms with Crippen molar-refractivity contribution < 1.29 is 14.3 Å². The number of hydrogen-bond acceptors (Lipinski definition) is 4. The van der Waals surface area contributed by atoms with E-state index >= 15 is 0 Å². The molecule has 0 saturated carbocycles. The van der Waals surface area contributed by atoms with E-state index in [1.807, 2.05) is 24.3 Å². The molecule has 0 fully saturated rings. The molecule has 2 rings (SSSR count). The van der Waals surface area contributed by atoms with Crippen molar-refractivity contribution in [2.45, 2.75) is 19.3 Å². The van der Waals surface area contributed by atoms with Gasteiger partial charge < -0.3 is 9.52 Å². The lowest BCUT2D eigenvalue weighted by Gasteiger charge is -2.11. The van der Waals surface area contributed by atoms with Gasteiger partial charge in [-0.2, -0.15) is 0 Å². The molecule has 1 atom stereocenters. The molecule has 0 amide bonds. The number of carboxylic acid groups (broad SMARTS) is 1. The molecule has 5 nitrogen and oxygen atoms in total. The molecule has 0 radical (unpaired) electrons. The molecule has 18 heavy (non-hydrogen) atoms. The van der Waals surface area contributed by atoms with E-state index in [9.17, 15) is 4.79 Å². The predicted octanol–water partition coefficient (Wildman–Crippen LogP) is 2.75. The predicted molar refractivity (Wildman–Crippen MR) is 67.3 cm³/mol. The first-order valence-corrected chi connectivity index (χ1v) is 6.13. The average molecular weight is 311 g/mol. The van der Waals surface area contributed by atoms with Crippen molar-refractivity contribution in [3.05, 3.63) is 46.1 Å². The zero-order chi connectivity index (χ0) is 13.1. The SMILES string of the molecule is Cc1nnc([C@@H](CC(=O)O)c2cccc(Br)c2)o1. The minimum atomic E-state index is -0.907. The number of halogens is 1. The first-order chi connectivity index (χ1) is 8.56. The van der Waals surface area contributed by atoms with E-state index in [0.29, 0.717) is 11.8 Å². The molecule has 0 saturated heterocycles. The maximum absolute atomic E-state index is 10.9. The highest BCUT2D eigenvalue weighted by molar-refractivity contribution is 9.10. The lowest BCUT2D eigenvalue weighted by molar-refractivity contribution is -0.137. The summed E-state index contributed by atoms with van der Waals surface area (Å²) in [6.45, 7) is 1.68. The second-order valence-electron chi connectivity index (χ2n) is 3.86. The van der Waals surface area contributed by atoms with Crippen molar-refractivity contribution in [3.8, 4) is 0 Å². The minimum absolute atomic E-state index is 0.0852. The molecular formula is C12H11BrN2O3. The third-order valence-electron chi connectivity index (χ3n) is 2.47. The fraction of sp³-hybridized carbons (Fsp3) is 0.250. The van der Waals surface area contributed by atoms with Gasteiger partial charge in [-0.05, 0) is 17.7 Å². The van der Waals surface area contributed by atoms with E-state index in [-0.39, 0.29) is 6.42 Å². The Morgan fingerprint density at radius 3 is 2.83 bits per heavy atom. The van der Waals surface area contributed by atoms with Gasteiger partial charge in [0.2, 0.25) is 11.8 Å². The Balaban J connectivity index is 2.39. The molecule has 1 aromatic carbocycles. The maximum atomic E-state index is 10.9. The zero-order valence-electron chi connectivity index (χ0n) is 9.63. The van der Waals surface area contributed by atoms with Gasteiger partial charge in [-0.1, -0.05) is 28.1 Å². The summed E-state index contributed by atoms with van der Waals surface area (Å²) in [5.41, 5.74) is 0.829. The molecule has 0 bridgehead atoms. The van der Waals surface area contributed by atoms with Gasteiger partial charge in [-0.15, -0.1) is 10.2 Å². The minimum Gasteiger partial charge on any atom is -0.481 e. The fourth-order valence-electron chi connectivity index (χ4n) is 1.70. The second-order valence-corrected chi connectivity index (χ2v) is 4.78. The highest BCUT2D eigenvalue weighted by Gasteiger charge is 2.23. The third-order valence-corrected chi connectivity index (χ3v) is 2.96. The van der Waals surface area contributed by atoms with Gasteiger partial charge in [-0.25, -0.2) is 0 Å². The Kier molecular flexibility index (Phi) is 3.76. The molecule has 1 N–H and O–H groups in total. The Hall–Kier alpha value is -1.69. The number of hydrogen-bond donors (Lipinski definition) is 1. The highest BCUT2D eigenvalue weighted by Crippen LogP contribution is 2.28. The van der Waals surface area contributed by atoms with Crippen molar-refractivity contribution in [3.63, 3.8) is 0 Å². The van der Waals surface area contributed by atoms with Crippen LogP contribution in [0.3, 0.4) is 0 Å². The fourth-order valence-corrected chi connectivity index (χ4v) is 2.12. The van der Waals surface area contributed by atoms with E-state index < -0.39 is 11.9 Å². The summed E-state index contributed by atoms with van der Waals surface area (Å²) in [6, 6.07) is 7.42. The van der Waals surface area contributed by atoms with Gasteiger partial charge in [0.05, 0.1) is 12.3 Å². The van der Waals surface area contributed by atoms with Crippen LogP contribution in [-0.2, 0) is 4.79 Å². The molecule has 0 aliphatic rings. The summed E-state index contributed by atoms with van der Waals surface area (Å²) in [4.78, 5) is 10.9. The van der Waals surface area contributed by atoms with Gasteiger partial charge >= 0.3 is 5.97 Å². The molecule has 94 valence electrons. The van der Waals surface area contributed by atoms with Crippen LogP contribution in [0.15, 0.2) is 33.2 Å². The van der Waals surface area contributed by atoms with Crippen molar-refractivity contribution in [1.82, 2.24) is 10.2 Å². The van der Waals surface area contributed by atoms with Crippen LogP contribution in [0.4, 0.5) is 0 Å². The number of carboxylic acids is 1. The molecule has 0 spiro atoms. The highest BCUT2D eigenvalue weighted by atomic mass is 79.9. The molecule has 2 aromatic rings. The monoisotopic (exact) mass is 310 g/mol. The summed E-state index contributed by atoms with van der Waals surface area (Å²) in [6.07, 6.45) is -0.0852. The Morgan fingerprint density at radius 2 is 2.28 bits per heavy atom. The largest absolute Gasteiger partial charge is 0.481 e. The summed E-state index contributed by atoms with van der Waals surface area (Å²) in [7, 11) is 0. The van der Waals surface area contributed by atoms with Crippen LogP contribution in [0.2, 0.25) is 0 Å². The molecule has 1 heterocycles. The van der Waals surface area contributed by atoms with Gasteiger partial charge in [0, 0.05) is 11.4 Å². The maximum Gasteiger partial charge on any atom is 0.304 e. The molecule has 1 aromatic heterocycles. The summed E-state index contributed by atoms with van der Waals surface area (Å²) >= 11 is 3.36. The van der Waals surface area contributed by atoms with E-state index in [4.69, 9.17) is 9.52 Å². The second kappa shape index (κ2) is 5.30. The van der Waals surface area contributed by atoms with Gasteiger partial charge in [-0.3, -0.25) is 4.79 Å². The number of carbonyl (C=O) groups is 1. The van der Waals surface area contributed by atoms with Gasteiger partial charge in [0.25, 0.3) is 0 Å². The van der Waals surface area contributed by atoms with Crippen LogP contribution < -0.4 is 0 Å². The van der Waals surface area contributed by atoms with E-state index in [1.165, 1.54) is 0 Å². The molecule has 0 unspecified atom stereocenters. The number of aliphatic carboxylic acids is 1. The lowest BCUT2D eigenvalue weighted by Crippen LogP contribution is -2.08. The lowest BCUT2D eigenvalue weighted by atomic mass is 9.96. The number of nitrogens with zero attached hydrogens (tertiary/aromatic N) is 2. The van der Waals surface area contributed by atoms with Crippen LogP contribution in [-0.4, -0.2) is 21.3 Å². The Bertz CT molecular complexity index is 568. The standard InChI is InChI=1S/C12H11BrN2O3/c1-7-14-15-12(18-7)10(6-11(16)17)8-3-2-4-9(13)5-8/h2-5,10H,6H2,1H3,(H,16,17)/t10-/m0/s1.